The Bertz CT molecular complexity index is 365. The molecule has 1 aromatic heterocycles. The first-order chi connectivity index (χ1) is 8.07. The zero-order valence-electron chi connectivity index (χ0n) is 10.3. The quantitative estimate of drug-likeness (QED) is 0.884. The van der Waals surface area contributed by atoms with Crippen molar-refractivity contribution >= 4 is 15.9 Å². The summed E-state index contributed by atoms with van der Waals surface area (Å²) in [5.74, 6) is 0. The van der Waals surface area contributed by atoms with Gasteiger partial charge in [-0.25, -0.2) is 4.68 Å². The Balaban J connectivity index is 2.12. The van der Waals surface area contributed by atoms with Crippen LogP contribution in [0.1, 0.15) is 38.3 Å². The van der Waals surface area contributed by atoms with E-state index in [0.29, 0.717) is 10.6 Å². The summed E-state index contributed by atoms with van der Waals surface area (Å²) in [7, 11) is 1.82. The van der Waals surface area contributed by atoms with Crippen LogP contribution in [0.3, 0.4) is 0 Å². The van der Waals surface area contributed by atoms with E-state index in [1.54, 1.807) is 4.68 Å². The SMILES string of the molecule is CCNC1CCC(O)(c2c(Br)nnn2C)CC1. The minimum absolute atomic E-state index is 0.528. The second kappa shape index (κ2) is 5.04. The van der Waals surface area contributed by atoms with Gasteiger partial charge in [0.15, 0.2) is 4.60 Å². The zero-order valence-corrected chi connectivity index (χ0v) is 11.9. The van der Waals surface area contributed by atoms with Gasteiger partial charge in [0.05, 0.1) is 0 Å². The summed E-state index contributed by atoms with van der Waals surface area (Å²) in [6, 6.07) is 0.528. The van der Waals surface area contributed by atoms with E-state index in [2.05, 4.69) is 38.5 Å². The van der Waals surface area contributed by atoms with Gasteiger partial charge in [-0.1, -0.05) is 12.1 Å². The van der Waals surface area contributed by atoms with Gasteiger partial charge in [-0.15, -0.1) is 5.10 Å². The highest BCUT2D eigenvalue weighted by Gasteiger charge is 2.39. The summed E-state index contributed by atoms with van der Waals surface area (Å²) in [4.78, 5) is 0. The van der Waals surface area contributed by atoms with Gasteiger partial charge < -0.3 is 10.4 Å². The van der Waals surface area contributed by atoms with E-state index >= 15 is 0 Å². The minimum Gasteiger partial charge on any atom is -0.383 e. The van der Waals surface area contributed by atoms with Crippen LogP contribution in [0.4, 0.5) is 0 Å². The van der Waals surface area contributed by atoms with Gasteiger partial charge in [-0.2, -0.15) is 0 Å². The first-order valence-corrected chi connectivity index (χ1v) is 6.87. The molecule has 1 aromatic rings. The number of nitrogens with one attached hydrogen (secondary N) is 1. The first kappa shape index (κ1) is 13.0. The lowest BCUT2D eigenvalue weighted by Crippen LogP contribution is -2.40. The molecule has 96 valence electrons. The lowest BCUT2D eigenvalue weighted by atomic mass is 9.80. The summed E-state index contributed by atoms with van der Waals surface area (Å²) in [6.45, 7) is 3.10. The largest absolute Gasteiger partial charge is 0.383 e. The molecule has 1 heterocycles. The molecule has 1 aliphatic rings. The number of aliphatic hydroxyl groups is 1. The van der Waals surface area contributed by atoms with Crippen LogP contribution in [0.25, 0.3) is 0 Å². The normalized spacial score (nSPS) is 29.5. The van der Waals surface area contributed by atoms with Crippen LogP contribution in [-0.4, -0.2) is 32.7 Å². The molecule has 0 unspecified atom stereocenters. The maximum atomic E-state index is 10.7. The van der Waals surface area contributed by atoms with Crippen LogP contribution in [0.5, 0.6) is 0 Å². The molecule has 0 atom stereocenters. The van der Waals surface area contributed by atoms with Crippen molar-refractivity contribution < 1.29 is 5.11 Å². The third-order valence-corrected chi connectivity index (χ3v) is 4.07. The summed E-state index contributed by atoms with van der Waals surface area (Å²) >= 11 is 3.36. The van der Waals surface area contributed by atoms with Gasteiger partial charge >= 0.3 is 0 Å². The molecule has 6 heteroatoms. The fourth-order valence-electron chi connectivity index (χ4n) is 2.65. The number of rotatable bonds is 3. The van der Waals surface area contributed by atoms with Crippen LogP contribution < -0.4 is 5.32 Å². The van der Waals surface area contributed by atoms with Gasteiger partial charge in [0.2, 0.25) is 0 Å². The minimum atomic E-state index is -0.789. The third kappa shape index (κ3) is 2.53. The van der Waals surface area contributed by atoms with E-state index < -0.39 is 5.60 Å². The molecule has 17 heavy (non-hydrogen) atoms. The molecule has 2 N–H and O–H groups in total. The van der Waals surface area contributed by atoms with Crippen molar-refractivity contribution in [2.24, 2.45) is 7.05 Å². The molecule has 0 amide bonds. The van der Waals surface area contributed by atoms with Gasteiger partial charge in [0.25, 0.3) is 0 Å². The van der Waals surface area contributed by atoms with E-state index in [1.165, 1.54) is 0 Å². The van der Waals surface area contributed by atoms with Crippen molar-refractivity contribution in [2.75, 3.05) is 6.54 Å². The molecule has 0 aromatic carbocycles. The second-order valence-corrected chi connectivity index (χ2v) is 5.47. The second-order valence-electron chi connectivity index (χ2n) is 4.72. The molecule has 1 aliphatic carbocycles. The number of hydrogen-bond acceptors (Lipinski definition) is 4. The molecule has 0 bridgehead atoms. The smallest absolute Gasteiger partial charge is 0.154 e. The van der Waals surface area contributed by atoms with E-state index in [9.17, 15) is 5.11 Å². The Morgan fingerprint density at radius 3 is 2.65 bits per heavy atom. The molecule has 1 saturated carbocycles. The van der Waals surface area contributed by atoms with Gasteiger partial charge in [0, 0.05) is 13.1 Å². The summed E-state index contributed by atoms with van der Waals surface area (Å²) in [5.41, 5.74) is 0.00988. The van der Waals surface area contributed by atoms with Gasteiger partial charge in [-0.3, -0.25) is 0 Å². The van der Waals surface area contributed by atoms with E-state index in [1.807, 2.05) is 7.05 Å². The third-order valence-electron chi connectivity index (χ3n) is 3.53. The Morgan fingerprint density at radius 2 is 2.18 bits per heavy atom. The van der Waals surface area contributed by atoms with Crippen molar-refractivity contribution in [3.63, 3.8) is 0 Å². The van der Waals surface area contributed by atoms with Crippen LogP contribution in [0.2, 0.25) is 0 Å². The highest BCUT2D eigenvalue weighted by molar-refractivity contribution is 9.10. The number of aryl methyl sites for hydroxylation is 1. The summed E-state index contributed by atoms with van der Waals surface area (Å²) in [5, 5.41) is 22.0. The summed E-state index contributed by atoms with van der Waals surface area (Å²) in [6.07, 6.45) is 3.49. The van der Waals surface area contributed by atoms with Crippen molar-refractivity contribution in [1.82, 2.24) is 20.3 Å². The number of halogens is 1. The highest BCUT2D eigenvalue weighted by Crippen LogP contribution is 2.39. The van der Waals surface area contributed by atoms with Crippen LogP contribution in [-0.2, 0) is 12.6 Å². The molecule has 0 radical (unpaired) electrons. The Kier molecular flexibility index (Phi) is 3.85. The molecule has 2 rings (SSSR count). The van der Waals surface area contributed by atoms with Crippen molar-refractivity contribution in [3.05, 3.63) is 10.3 Å². The Hall–Kier alpha value is -0.460. The first-order valence-electron chi connectivity index (χ1n) is 6.08. The standard InChI is InChI=1S/C11H19BrN4O/c1-3-13-8-4-6-11(17,7-5-8)9-10(12)14-15-16(9)2/h8,13,17H,3-7H2,1-2H3. The van der Waals surface area contributed by atoms with Crippen molar-refractivity contribution in [3.8, 4) is 0 Å². The maximum absolute atomic E-state index is 10.7. The predicted octanol–water partition coefficient (Wildman–Crippen LogP) is 1.32. The lowest BCUT2D eigenvalue weighted by Gasteiger charge is -2.36. The van der Waals surface area contributed by atoms with E-state index in [-0.39, 0.29) is 0 Å². The molecular formula is C11H19BrN4O. The molecule has 1 fully saturated rings. The average molecular weight is 303 g/mol. The predicted molar refractivity (Wildman–Crippen MR) is 68.5 cm³/mol. The van der Waals surface area contributed by atoms with Gasteiger partial charge in [-0.05, 0) is 48.2 Å². The fourth-order valence-corrected chi connectivity index (χ4v) is 3.35. The number of hydrogen-bond donors (Lipinski definition) is 2. The number of nitrogens with zero attached hydrogens (tertiary/aromatic N) is 3. The highest BCUT2D eigenvalue weighted by atomic mass is 79.9. The summed E-state index contributed by atoms with van der Waals surface area (Å²) < 4.78 is 2.32. The van der Waals surface area contributed by atoms with Crippen LogP contribution in [0.15, 0.2) is 4.60 Å². The Labute approximate surface area is 110 Å². The topological polar surface area (TPSA) is 63.0 Å². The van der Waals surface area contributed by atoms with Crippen molar-refractivity contribution in [2.45, 2.75) is 44.2 Å². The van der Waals surface area contributed by atoms with Gasteiger partial charge in [0.1, 0.15) is 11.3 Å². The maximum Gasteiger partial charge on any atom is 0.154 e. The fraction of sp³-hybridized carbons (Fsp3) is 0.818. The van der Waals surface area contributed by atoms with Crippen molar-refractivity contribution in [1.29, 1.82) is 0 Å². The average Bonchev–Trinajstić information content (AvgIpc) is 2.63. The molecular weight excluding hydrogens is 284 g/mol. The van der Waals surface area contributed by atoms with E-state index in [0.717, 1.165) is 37.9 Å². The molecule has 0 aliphatic heterocycles. The zero-order chi connectivity index (χ0) is 12.5. The monoisotopic (exact) mass is 302 g/mol. The van der Waals surface area contributed by atoms with Crippen LogP contribution in [0, 0.1) is 0 Å². The Morgan fingerprint density at radius 1 is 1.53 bits per heavy atom. The molecule has 0 spiro atoms. The number of aromatic nitrogens is 3. The molecule has 5 nitrogen and oxygen atoms in total. The molecule has 0 saturated heterocycles. The van der Waals surface area contributed by atoms with E-state index in [4.69, 9.17) is 0 Å². The lowest BCUT2D eigenvalue weighted by molar-refractivity contribution is -0.0158. The van der Waals surface area contributed by atoms with Crippen LogP contribution >= 0.6 is 15.9 Å².